The van der Waals surface area contributed by atoms with Crippen molar-refractivity contribution in [2.75, 3.05) is 19.7 Å². The first-order valence-electron chi connectivity index (χ1n) is 8.39. The molecule has 20 heavy (non-hydrogen) atoms. The van der Waals surface area contributed by atoms with Gasteiger partial charge in [0.25, 0.3) is 0 Å². The Labute approximate surface area is 125 Å². The average Bonchev–Trinajstić information content (AvgIpc) is 2.40. The summed E-state index contributed by atoms with van der Waals surface area (Å²) in [5, 5.41) is 0. The number of rotatable bonds is 7. The van der Waals surface area contributed by atoms with Crippen LogP contribution in [0.4, 0.5) is 0 Å². The summed E-state index contributed by atoms with van der Waals surface area (Å²) in [5.41, 5.74) is 0.0428. The van der Waals surface area contributed by atoms with E-state index in [9.17, 15) is 4.79 Å². The molecule has 0 atom stereocenters. The Morgan fingerprint density at radius 1 is 1.20 bits per heavy atom. The molecule has 3 heteroatoms. The Kier molecular flexibility index (Phi) is 7.01. The van der Waals surface area contributed by atoms with Crippen molar-refractivity contribution in [1.82, 2.24) is 4.90 Å². The van der Waals surface area contributed by atoms with Gasteiger partial charge in [-0.2, -0.15) is 0 Å². The summed E-state index contributed by atoms with van der Waals surface area (Å²) >= 11 is 0. The molecule has 0 spiro atoms. The zero-order chi connectivity index (χ0) is 15.2. The van der Waals surface area contributed by atoms with Crippen molar-refractivity contribution >= 4 is 5.97 Å². The van der Waals surface area contributed by atoms with Crippen molar-refractivity contribution < 1.29 is 9.53 Å². The maximum absolute atomic E-state index is 12.0. The van der Waals surface area contributed by atoms with Crippen LogP contribution < -0.4 is 0 Å². The van der Waals surface area contributed by atoms with E-state index in [1.165, 1.54) is 12.8 Å². The monoisotopic (exact) mass is 283 g/mol. The van der Waals surface area contributed by atoms with Gasteiger partial charge in [0.1, 0.15) is 0 Å². The molecule has 0 aromatic carbocycles. The molecule has 118 valence electrons. The van der Waals surface area contributed by atoms with Crippen LogP contribution in [0, 0.1) is 11.8 Å². The van der Waals surface area contributed by atoms with Gasteiger partial charge in [0.05, 0.1) is 13.0 Å². The van der Waals surface area contributed by atoms with E-state index in [1.807, 2.05) is 6.92 Å². The standard InChI is InChI=1S/C17H33NO2/c1-6-18(7-2)17(13-16(19)20-8-3)11-9-15(10-12-17)14(4)5/h14-15H,6-13H2,1-5H3. The highest BCUT2D eigenvalue weighted by molar-refractivity contribution is 5.71. The first-order valence-corrected chi connectivity index (χ1v) is 8.39. The number of hydrogen-bond donors (Lipinski definition) is 0. The molecular weight excluding hydrogens is 250 g/mol. The topological polar surface area (TPSA) is 29.5 Å². The van der Waals surface area contributed by atoms with E-state index < -0.39 is 0 Å². The predicted octanol–water partition coefficient (Wildman–Crippen LogP) is 3.87. The molecular formula is C17H33NO2. The summed E-state index contributed by atoms with van der Waals surface area (Å²) in [6.07, 6.45) is 5.32. The predicted molar refractivity (Wildman–Crippen MR) is 83.7 cm³/mol. The van der Waals surface area contributed by atoms with Crippen LogP contribution in [0.5, 0.6) is 0 Å². The number of esters is 1. The fourth-order valence-corrected chi connectivity index (χ4v) is 3.82. The summed E-state index contributed by atoms with van der Waals surface area (Å²) in [4.78, 5) is 14.5. The van der Waals surface area contributed by atoms with E-state index in [0.29, 0.717) is 13.0 Å². The first-order chi connectivity index (χ1) is 9.49. The highest BCUT2D eigenvalue weighted by Crippen LogP contribution is 2.41. The lowest BCUT2D eigenvalue weighted by atomic mass is 9.70. The van der Waals surface area contributed by atoms with Crippen molar-refractivity contribution in [3.63, 3.8) is 0 Å². The van der Waals surface area contributed by atoms with Gasteiger partial charge < -0.3 is 4.74 Å². The molecule has 1 aliphatic rings. The Bertz CT molecular complexity index is 289. The molecule has 0 unspecified atom stereocenters. The van der Waals surface area contributed by atoms with Crippen molar-refractivity contribution in [1.29, 1.82) is 0 Å². The van der Waals surface area contributed by atoms with Crippen LogP contribution in [0.15, 0.2) is 0 Å². The van der Waals surface area contributed by atoms with Crippen LogP contribution in [-0.4, -0.2) is 36.1 Å². The third-order valence-electron chi connectivity index (χ3n) is 5.12. The summed E-state index contributed by atoms with van der Waals surface area (Å²) in [5.74, 6) is 1.55. The minimum atomic E-state index is -0.0256. The Morgan fingerprint density at radius 2 is 1.75 bits per heavy atom. The fraction of sp³-hybridized carbons (Fsp3) is 0.941. The summed E-state index contributed by atoms with van der Waals surface area (Å²) < 4.78 is 5.22. The molecule has 1 saturated carbocycles. The van der Waals surface area contributed by atoms with E-state index in [2.05, 4.69) is 32.6 Å². The smallest absolute Gasteiger partial charge is 0.307 e. The van der Waals surface area contributed by atoms with Crippen LogP contribution in [0.25, 0.3) is 0 Å². The van der Waals surface area contributed by atoms with Crippen LogP contribution in [0.3, 0.4) is 0 Å². The number of ether oxygens (including phenoxy) is 1. The minimum Gasteiger partial charge on any atom is -0.466 e. The lowest BCUT2D eigenvalue weighted by molar-refractivity contribution is -0.147. The molecule has 0 heterocycles. The zero-order valence-corrected chi connectivity index (χ0v) is 14.1. The summed E-state index contributed by atoms with van der Waals surface area (Å²) in [7, 11) is 0. The highest BCUT2D eigenvalue weighted by Gasteiger charge is 2.41. The SMILES string of the molecule is CCOC(=O)CC1(N(CC)CC)CCC(C(C)C)CC1. The Morgan fingerprint density at radius 3 is 2.15 bits per heavy atom. The molecule has 0 saturated heterocycles. The van der Waals surface area contributed by atoms with Crippen LogP contribution >= 0.6 is 0 Å². The van der Waals surface area contributed by atoms with Gasteiger partial charge in [0, 0.05) is 5.54 Å². The molecule has 0 aliphatic heterocycles. The molecule has 1 fully saturated rings. The molecule has 0 radical (unpaired) electrons. The number of carbonyl (C=O) groups excluding carboxylic acids is 1. The van der Waals surface area contributed by atoms with E-state index in [-0.39, 0.29) is 11.5 Å². The van der Waals surface area contributed by atoms with Crippen molar-refractivity contribution in [3.8, 4) is 0 Å². The molecule has 0 bridgehead atoms. The van der Waals surface area contributed by atoms with Crippen molar-refractivity contribution in [3.05, 3.63) is 0 Å². The number of nitrogens with zero attached hydrogens (tertiary/aromatic N) is 1. The van der Waals surface area contributed by atoms with Crippen LogP contribution in [0.1, 0.15) is 66.7 Å². The largest absolute Gasteiger partial charge is 0.466 e. The molecule has 0 aromatic rings. The van der Waals surface area contributed by atoms with Gasteiger partial charge >= 0.3 is 5.97 Å². The van der Waals surface area contributed by atoms with Crippen molar-refractivity contribution in [2.45, 2.75) is 72.3 Å². The second kappa shape index (κ2) is 8.02. The quantitative estimate of drug-likeness (QED) is 0.664. The average molecular weight is 283 g/mol. The van der Waals surface area contributed by atoms with Gasteiger partial charge in [0.2, 0.25) is 0 Å². The lowest BCUT2D eigenvalue weighted by Crippen LogP contribution is -2.52. The van der Waals surface area contributed by atoms with E-state index in [0.717, 1.165) is 37.8 Å². The lowest BCUT2D eigenvalue weighted by Gasteiger charge is -2.48. The fourth-order valence-electron chi connectivity index (χ4n) is 3.82. The van der Waals surface area contributed by atoms with E-state index >= 15 is 0 Å². The normalized spacial score (nSPS) is 27.1. The Hall–Kier alpha value is -0.570. The second-order valence-electron chi connectivity index (χ2n) is 6.46. The minimum absolute atomic E-state index is 0.0256. The summed E-state index contributed by atoms with van der Waals surface area (Å²) in [6, 6.07) is 0. The third-order valence-corrected chi connectivity index (χ3v) is 5.12. The molecule has 0 N–H and O–H groups in total. The Balaban J connectivity index is 2.79. The number of hydrogen-bond acceptors (Lipinski definition) is 3. The van der Waals surface area contributed by atoms with Gasteiger partial charge in [-0.15, -0.1) is 0 Å². The van der Waals surface area contributed by atoms with Gasteiger partial charge in [-0.3, -0.25) is 9.69 Å². The maximum Gasteiger partial charge on any atom is 0.307 e. The van der Waals surface area contributed by atoms with Crippen molar-refractivity contribution in [2.24, 2.45) is 11.8 Å². The van der Waals surface area contributed by atoms with Crippen LogP contribution in [-0.2, 0) is 9.53 Å². The molecule has 1 rings (SSSR count). The van der Waals surface area contributed by atoms with E-state index in [4.69, 9.17) is 4.74 Å². The third kappa shape index (κ3) is 4.21. The van der Waals surface area contributed by atoms with Gasteiger partial charge in [-0.05, 0) is 57.5 Å². The van der Waals surface area contributed by atoms with E-state index in [1.54, 1.807) is 0 Å². The molecule has 0 aromatic heterocycles. The molecule has 1 aliphatic carbocycles. The highest BCUT2D eigenvalue weighted by atomic mass is 16.5. The molecule has 3 nitrogen and oxygen atoms in total. The maximum atomic E-state index is 12.0. The van der Waals surface area contributed by atoms with Gasteiger partial charge in [-0.25, -0.2) is 0 Å². The summed E-state index contributed by atoms with van der Waals surface area (Å²) in [6.45, 7) is 13.4. The number of carbonyl (C=O) groups is 1. The van der Waals surface area contributed by atoms with Crippen LogP contribution in [0.2, 0.25) is 0 Å². The molecule has 0 amide bonds. The zero-order valence-electron chi connectivity index (χ0n) is 14.1. The van der Waals surface area contributed by atoms with Gasteiger partial charge in [-0.1, -0.05) is 27.7 Å². The van der Waals surface area contributed by atoms with Gasteiger partial charge in [0.15, 0.2) is 0 Å². The second-order valence-corrected chi connectivity index (χ2v) is 6.46. The first kappa shape index (κ1) is 17.5.